The summed E-state index contributed by atoms with van der Waals surface area (Å²) in [5.41, 5.74) is 2.89. The van der Waals surface area contributed by atoms with E-state index in [1.54, 1.807) is 39.4 Å². The van der Waals surface area contributed by atoms with Crippen LogP contribution in [0.2, 0.25) is 5.02 Å². The van der Waals surface area contributed by atoms with Crippen molar-refractivity contribution in [3.05, 3.63) is 52.5 Å². The summed E-state index contributed by atoms with van der Waals surface area (Å²) in [6, 6.07) is 11.1. The van der Waals surface area contributed by atoms with Gasteiger partial charge in [0.25, 0.3) is 0 Å². The Balaban J connectivity index is 1.92. The van der Waals surface area contributed by atoms with Crippen LogP contribution in [0.5, 0.6) is 11.5 Å². The number of rotatable bonds is 6. The first-order valence-electron chi connectivity index (χ1n) is 7.95. The lowest BCUT2D eigenvalue weighted by molar-refractivity contribution is 0.230. The minimum absolute atomic E-state index is 0.209. The summed E-state index contributed by atoms with van der Waals surface area (Å²) in [6.07, 6.45) is 0.764. The quantitative estimate of drug-likeness (QED) is 0.830. The molecule has 0 aliphatic carbocycles. The maximum absolute atomic E-state index is 11.6. The number of nitrogens with zero attached hydrogens (tertiary/aromatic N) is 1. The van der Waals surface area contributed by atoms with Crippen molar-refractivity contribution < 1.29 is 14.3 Å². The van der Waals surface area contributed by atoms with Gasteiger partial charge in [-0.15, -0.1) is 0 Å². The Labute approximate surface area is 153 Å². The number of methoxy groups -OCH3 is 1. The van der Waals surface area contributed by atoms with Crippen LogP contribution in [0.4, 0.5) is 10.5 Å². The summed E-state index contributed by atoms with van der Waals surface area (Å²) in [5, 5.41) is 3.20. The van der Waals surface area contributed by atoms with Crippen LogP contribution in [-0.2, 0) is 6.42 Å². The van der Waals surface area contributed by atoms with E-state index in [1.165, 1.54) is 10.5 Å². The zero-order chi connectivity index (χ0) is 18.4. The highest BCUT2D eigenvalue weighted by Crippen LogP contribution is 2.28. The lowest BCUT2D eigenvalue weighted by Crippen LogP contribution is -2.27. The van der Waals surface area contributed by atoms with Gasteiger partial charge < -0.3 is 19.7 Å². The number of aryl methyl sites for hydroxylation is 1. The molecule has 1 N–H and O–H groups in total. The van der Waals surface area contributed by atoms with Gasteiger partial charge in [0.2, 0.25) is 0 Å². The first-order chi connectivity index (χ1) is 11.9. The molecule has 6 heteroatoms. The number of anilines is 1. The maximum atomic E-state index is 11.6. The average Bonchev–Trinajstić information content (AvgIpc) is 2.57. The number of urea groups is 1. The van der Waals surface area contributed by atoms with Crippen LogP contribution in [0, 0.1) is 6.92 Å². The predicted octanol–water partition coefficient (Wildman–Crippen LogP) is 4.37. The number of carbonyl (C=O) groups is 1. The number of nitrogens with one attached hydrogen (secondary N) is 1. The molecule has 0 heterocycles. The highest BCUT2D eigenvalue weighted by molar-refractivity contribution is 6.32. The molecule has 0 aliphatic heterocycles. The van der Waals surface area contributed by atoms with Crippen molar-refractivity contribution in [2.45, 2.75) is 13.3 Å². The molecule has 0 aliphatic rings. The largest absolute Gasteiger partial charge is 0.496 e. The number of carbonyl (C=O) groups excluding carboxylic acids is 1. The molecule has 5 nitrogen and oxygen atoms in total. The molecule has 0 atom stereocenters. The van der Waals surface area contributed by atoms with Crippen LogP contribution in [0.1, 0.15) is 11.1 Å². The fourth-order valence-corrected chi connectivity index (χ4v) is 2.54. The van der Waals surface area contributed by atoms with Gasteiger partial charge in [0.05, 0.1) is 18.7 Å². The monoisotopic (exact) mass is 362 g/mol. The van der Waals surface area contributed by atoms with Crippen molar-refractivity contribution in [1.82, 2.24) is 4.90 Å². The molecule has 0 saturated carbocycles. The Morgan fingerprint density at radius 2 is 1.88 bits per heavy atom. The van der Waals surface area contributed by atoms with Gasteiger partial charge in [0.1, 0.15) is 11.5 Å². The molecule has 2 aromatic rings. The molecule has 25 heavy (non-hydrogen) atoms. The Bertz CT molecular complexity index is 747. The van der Waals surface area contributed by atoms with Crippen molar-refractivity contribution in [1.29, 1.82) is 0 Å². The molecule has 0 aromatic heterocycles. The van der Waals surface area contributed by atoms with Crippen molar-refractivity contribution in [2.75, 3.05) is 33.1 Å². The third-order valence-corrected chi connectivity index (χ3v) is 3.99. The molecule has 0 bridgehead atoms. The van der Waals surface area contributed by atoms with Crippen molar-refractivity contribution in [3.63, 3.8) is 0 Å². The van der Waals surface area contributed by atoms with Gasteiger partial charge in [0.15, 0.2) is 0 Å². The SMILES string of the molecule is COc1ccc(CCOc2ccc(NC(=O)N(C)C)cc2Cl)cc1C. The van der Waals surface area contributed by atoms with E-state index in [0.717, 1.165) is 17.7 Å². The van der Waals surface area contributed by atoms with Crippen LogP contribution in [0.3, 0.4) is 0 Å². The van der Waals surface area contributed by atoms with Crippen LogP contribution >= 0.6 is 11.6 Å². The normalized spacial score (nSPS) is 10.3. The summed E-state index contributed by atoms with van der Waals surface area (Å²) in [7, 11) is 5.02. The number of hydrogen-bond acceptors (Lipinski definition) is 3. The fourth-order valence-electron chi connectivity index (χ4n) is 2.31. The minimum Gasteiger partial charge on any atom is -0.496 e. The van der Waals surface area contributed by atoms with Crippen LogP contribution in [0.15, 0.2) is 36.4 Å². The van der Waals surface area contributed by atoms with Crippen LogP contribution in [0.25, 0.3) is 0 Å². The molecule has 0 radical (unpaired) electrons. The topological polar surface area (TPSA) is 50.8 Å². The first-order valence-corrected chi connectivity index (χ1v) is 8.32. The second-order valence-electron chi connectivity index (χ2n) is 5.87. The molecule has 2 rings (SSSR count). The highest BCUT2D eigenvalue weighted by Gasteiger charge is 2.08. The maximum Gasteiger partial charge on any atom is 0.321 e. The number of amides is 2. The van der Waals surface area contributed by atoms with E-state index in [2.05, 4.69) is 11.4 Å². The molecular weight excluding hydrogens is 340 g/mol. The van der Waals surface area contributed by atoms with E-state index in [1.807, 2.05) is 19.1 Å². The van der Waals surface area contributed by atoms with E-state index in [9.17, 15) is 4.79 Å². The summed E-state index contributed by atoms with van der Waals surface area (Å²) in [5.74, 6) is 1.47. The van der Waals surface area contributed by atoms with Gasteiger partial charge in [-0.1, -0.05) is 23.7 Å². The van der Waals surface area contributed by atoms with E-state index < -0.39 is 0 Å². The van der Waals surface area contributed by atoms with E-state index in [0.29, 0.717) is 23.1 Å². The molecule has 0 fully saturated rings. The Morgan fingerprint density at radius 3 is 2.48 bits per heavy atom. The molecule has 134 valence electrons. The van der Waals surface area contributed by atoms with Gasteiger partial charge >= 0.3 is 6.03 Å². The van der Waals surface area contributed by atoms with Crippen LogP contribution in [-0.4, -0.2) is 38.7 Å². The van der Waals surface area contributed by atoms with Gasteiger partial charge in [0, 0.05) is 26.2 Å². The standard InChI is InChI=1S/C19H23ClN2O3/c1-13-11-14(5-7-17(13)24-4)9-10-25-18-8-6-15(12-16(18)20)21-19(23)22(2)3/h5-8,11-12H,9-10H2,1-4H3,(H,21,23). The first kappa shape index (κ1) is 18.9. The predicted molar refractivity (Wildman–Crippen MR) is 101 cm³/mol. The van der Waals surface area contributed by atoms with Gasteiger partial charge in [-0.05, 0) is 42.3 Å². The van der Waals surface area contributed by atoms with E-state index in [4.69, 9.17) is 21.1 Å². The van der Waals surface area contributed by atoms with Crippen LogP contribution < -0.4 is 14.8 Å². The number of halogens is 1. The lowest BCUT2D eigenvalue weighted by atomic mass is 10.1. The minimum atomic E-state index is -0.209. The Morgan fingerprint density at radius 1 is 1.16 bits per heavy atom. The summed E-state index contributed by atoms with van der Waals surface area (Å²) in [4.78, 5) is 13.1. The fraction of sp³-hybridized carbons (Fsp3) is 0.316. The van der Waals surface area contributed by atoms with E-state index >= 15 is 0 Å². The molecule has 2 amide bonds. The van der Waals surface area contributed by atoms with Gasteiger partial charge in [-0.25, -0.2) is 4.79 Å². The summed E-state index contributed by atoms with van der Waals surface area (Å²) < 4.78 is 11.0. The number of hydrogen-bond donors (Lipinski definition) is 1. The zero-order valence-electron chi connectivity index (χ0n) is 14.9. The summed E-state index contributed by atoms with van der Waals surface area (Å²) in [6.45, 7) is 2.52. The molecule has 0 saturated heterocycles. The molecule has 2 aromatic carbocycles. The molecular formula is C19H23ClN2O3. The Hall–Kier alpha value is -2.40. The highest BCUT2D eigenvalue weighted by atomic mass is 35.5. The smallest absolute Gasteiger partial charge is 0.321 e. The molecule has 0 unspecified atom stereocenters. The van der Waals surface area contributed by atoms with Crippen molar-refractivity contribution in [3.8, 4) is 11.5 Å². The van der Waals surface area contributed by atoms with Crippen molar-refractivity contribution >= 4 is 23.3 Å². The second kappa shape index (κ2) is 8.62. The Kier molecular flexibility index (Phi) is 6.53. The number of benzene rings is 2. The lowest BCUT2D eigenvalue weighted by Gasteiger charge is -2.14. The second-order valence-corrected chi connectivity index (χ2v) is 6.28. The van der Waals surface area contributed by atoms with Gasteiger partial charge in [-0.2, -0.15) is 0 Å². The zero-order valence-corrected chi connectivity index (χ0v) is 15.7. The number of ether oxygens (including phenoxy) is 2. The average molecular weight is 363 g/mol. The van der Waals surface area contributed by atoms with Crippen molar-refractivity contribution in [2.24, 2.45) is 0 Å². The van der Waals surface area contributed by atoms with Gasteiger partial charge in [-0.3, -0.25) is 0 Å². The third kappa shape index (κ3) is 5.29. The summed E-state index contributed by atoms with van der Waals surface area (Å²) >= 11 is 6.23. The molecule has 0 spiro atoms. The van der Waals surface area contributed by atoms with E-state index in [-0.39, 0.29) is 6.03 Å². The third-order valence-electron chi connectivity index (χ3n) is 3.70.